The molecule has 0 amide bonds. The van der Waals surface area contributed by atoms with E-state index in [9.17, 15) is 0 Å². The molecule has 2 aliphatic rings. The Morgan fingerprint density at radius 3 is 2.85 bits per heavy atom. The van der Waals surface area contributed by atoms with Gasteiger partial charge in [0.1, 0.15) is 0 Å². The zero-order valence-corrected chi connectivity index (χ0v) is 8.76. The van der Waals surface area contributed by atoms with Gasteiger partial charge in [0.15, 0.2) is 0 Å². The lowest BCUT2D eigenvalue weighted by molar-refractivity contribution is 0.157. The Morgan fingerprint density at radius 2 is 2.08 bits per heavy atom. The van der Waals surface area contributed by atoms with Gasteiger partial charge < -0.3 is 5.32 Å². The lowest BCUT2D eigenvalue weighted by atomic mass is 10.1. The second kappa shape index (κ2) is 4.43. The second-order valence-corrected chi connectivity index (χ2v) is 4.58. The van der Waals surface area contributed by atoms with Gasteiger partial charge in [-0.15, -0.1) is 0 Å². The molecule has 1 N–H and O–H groups in total. The van der Waals surface area contributed by atoms with Crippen LogP contribution in [0.1, 0.15) is 39.0 Å². The number of hydrogen-bond acceptors (Lipinski definition) is 2. The molecule has 0 saturated carbocycles. The quantitative estimate of drug-likeness (QED) is 0.663. The van der Waals surface area contributed by atoms with Gasteiger partial charge in [0.2, 0.25) is 0 Å². The maximum atomic E-state index is 3.47. The van der Waals surface area contributed by atoms with E-state index in [4.69, 9.17) is 0 Å². The van der Waals surface area contributed by atoms with E-state index in [0.717, 1.165) is 12.1 Å². The molecule has 2 aliphatic heterocycles. The number of hydrogen-bond donors (Lipinski definition) is 1. The van der Waals surface area contributed by atoms with Crippen molar-refractivity contribution in [3.63, 3.8) is 0 Å². The largest absolute Gasteiger partial charge is 0.315 e. The Balaban J connectivity index is 1.93. The molecule has 0 radical (unpaired) electrons. The summed E-state index contributed by atoms with van der Waals surface area (Å²) in [5, 5.41) is 3.47. The van der Waals surface area contributed by atoms with Crippen molar-refractivity contribution in [3.05, 3.63) is 0 Å². The average molecular weight is 182 g/mol. The summed E-state index contributed by atoms with van der Waals surface area (Å²) in [7, 11) is 0. The van der Waals surface area contributed by atoms with Crippen LogP contribution in [0.25, 0.3) is 0 Å². The minimum atomic E-state index is 0.826. The van der Waals surface area contributed by atoms with Crippen molar-refractivity contribution in [2.24, 2.45) is 0 Å². The summed E-state index contributed by atoms with van der Waals surface area (Å²) >= 11 is 0. The van der Waals surface area contributed by atoms with E-state index >= 15 is 0 Å². The van der Waals surface area contributed by atoms with Crippen molar-refractivity contribution >= 4 is 0 Å². The molecule has 2 rings (SSSR count). The van der Waals surface area contributed by atoms with Crippen LogP contribution in [0.2, 0.25) is 0 Å². The summed E-state index contributed by atoms with van der Waals surface area (Å²) in [5.74, 6) is 0. The second-order valence-electron chi connectivity index (χ2n) is 4.58. The molecule has 0 spiro atoms. The average Bonchev–Trinajstić information content (AvgIpc) is 2.56. The van der Waals surface area contributed by atoms with Crippen molar-refractivity contribution in [2.75, 3.05) is 19.6 Å². The van der Waals surface area contributed by atoms with Gasteiger partial charge in [-0.3, -0.25) is 4.90 Å². The van der Waals surface area contributed by atoms with Crippen molar-refractivity contribution in [1.29, 1.82) is 0 Å². The zero-order valence-electron chi connectivity index (χ0n) is 8.76. The first-order valence-corrected chi connectivity index (χ1v) is 5.84. The highest BCUT2D eigenvalue weighted by Gasteiger charge is 2.26. The Labute approximate surface area is 81.7 Å². The Morgan fingerprint density at radius 1 is 1.15 bits per heavy atom. The van der Waals surface area contributed by atoms with E-state index in [1.807, 2.05) is 0 Å². The maximum absolute atomic E-state index is 3.47. The molecule has 0 bridgehead atoms. The van der Waals surface area contributed by atoms with Crippen LogP contribution in [0, 0.1) is 0 Å². The normalized spacial score (nSPS) is 37.6. The molecule has 2 atom stereocenters. The molecule has 2 heterocycles. The standard InChI is InChI=1S/C11H22N2/c1-10-5-3-2-4-8-13(10)11-6-7-12-9-11/h10-12H,2-9H2,1H3. The van der Waals surface area contributed by atoms with E-state index in [0.29, 0.717) is 0 Å². The van der Waals surface area contributed by atoms with Crippen LogP contribution >= 0.6 is 0 Å². The van der Waals surface area contributed by atoms with E-state index in [2.05, 4.69) is 17.1 Å². The van der Waals surface area contributed by atoms with Crippen molar-refractivity contribution in [2.45, 2.75) is 51.1 Å². The Bertz CT molecular complexity index is 152. The van der Waals surface area contributed by atoms with Gasteiger partial charge >= 0.3 is 0 Å². The molecule has 2 saturated heterocycles. The van der Waals surface area contributed by atoms with Crippen LogP contribution in [-0.4, -0.2) is 36.6 Å². The summed E-state index contributed by atoms with van der Waals surface area (Å²) in [6, 6.07) is 1.67. The summed E-state index contributed by atoms with van der Waals surface area (Å²) in [6.45, 7) is 6.20. The van der Waals surface area contributed by atoms with Crippen molar-refractivity contribution in [1.82, 2.24) is 10.2 Å². The third kappa shape index (κ3) is 2.23. The summed E-state index contributed by atoms with van der Waals surface area (Å²) < 4.78 is 0. The summed E-state index contributed by atoms with van der Waals surface area (Å²) in [5.41, 5.74) is 0. The SMILES string of the molecule is CC1CCCCCN1C1CCNC1. The van der Waals surface area contributed by atoms with Gasteiger partial charge in [-0.2, -0.15) is 0 Å². The highest BCUT2D eigenvalue weighted by molar-refractivity contribution is 4.84. The molecule has 2 fully saturated rings. The van der Waals surface area contributed by atoms with Crippen LogP contribution in [0.4, 0.5) is 0 Å². The van der Waals surface area contributed by atoms with Gasteiger partial charge in [0.05, 0.1) is 0 Å². The maximum Gasteiger partial charge on any atom is 0.0235 e. The Kier molecular flexibility index (Phi) is 3.23. The fourth-order valence-corrected chi connectivity index (χ4v) is 2.76. The van der Waals surface area contributed by atoms with Crippen LogP contribution in [-0.2, 0) is 0 Å². The monoisotopic (exact) mass is 182 g/mol. The lowest BCUT2D eigenvalue weighted by Crippen LogP contribution is -2.42. The highest BCUT2D eigenvalue weighted by atomic mass is 15.2. The van der Waals surface area contributed by atoms with Gasteiger partial charge in [-0.05, 0) is 39.3 Å². The molecule has 0 aromatic rings. The molecule has 13 heavy (non-hydrogen) atoms. The van der Waals surface area contributed by atoms with Crippen LogP contribution in [0.15, 0.2) is 0 Å². The van der Waals surface area contributed by atoms with Gasteiger partial charge in [-0.1, -0.05) is 12.8 Å². The van der Waals surface area contributed by atoms with Crippen LogP contribution in [0.5, 0.6) is 0 Å². The fourth-order valence-electron chi connectivity index (χ4n) is 2.76. The third-order valence-electron chi connectivity index (χ3n) is 3.61. The van der Waals surface area contributed by atoms with E-state index in [-0.39, 0.29) is 0 Å². The first-order chi connectivity index (χ1) is 6.38. The van der Waals surface area contributed by atoms with E-state index in [1.165, 1.54) is 51.7 Å². The van der Waals surface area contributed by atoms with Gasteiger partial charge in [0.25, 0.3) is 0 Å². The van der Waals surface area contributed by atoms with Crippen LogP contribution < -0.4 is 5.32 Å². The molecule has 0 aromatic carbocycles. The van der Waals surface area contributed by atoms with Crippen LogP contribution in [0.3, 0.4) is 0 Å². The summed E-state index contributed by atoms with van der Waals surface area (Å²) in [6.07, 6.45) is 7.08. The summed E-state index contributed by atoms with van der Waals surface area (Å²) in [4.78, 5) is 2.74. The molecule has 2 unspecified atom stereocenters. The number of nitrogens with one attached hydrogen (secondary N) is 1. The molecule has 0 aromatic heterocycles. The van der Waals surface area contributed by atoms with Gasteiger partial charge in [0, 0.05) is 18.6 Å². The predicted octanol–water partition coefficient (Wildman–Crippen LogP) is 1.61. The third-order valence-corrected chi connectivity index (χ3v) is 3.61. The minimum absolute atomic E-state index is 0.826. The number of likely N-dealkylation sites (tertiary alicyclic amines) is 1. The lowest BCUT2D eigenvalue weighted by Gasteiger charge is -2.32. The number of nitrogens with zero attached hydrogens (tertiary/aromatic N) is 1. The minimum Gasteiger partial charge on any atom is -0.315 e. The van der Waals surface area contributed by atoms with E-state index < -0.39 is 0 Å². The van der Waals surface area contributed by atoms with Gasteiger partial charge in [-0.25, -0.2) is 0 Å². The molecular formula is C11H22N2. The molecule has 2 heteroatoms. The molecular weight excluding hydrogens is 160 g/mol. The highest BCUT2D eigenvalue weighted by Crippen LogP contribution is 2.21. The number of rotatable bonds is 1. The van der Waals surface area contributed by atoms with Crippen molar-refractivity contribution < 1.29 is 0 Å². The Hall–Kier alpha value is -0.0800. The fraction of sp³-hybridized carbons (Fsp3) is 1.00. The first kappa shape index (κ1) is 9.47. The smallest absolute Gasteiger partial charge is 0.0235 e. The zero-order chi connectivity index (χ0) is 9.10. The predicted molar refractivity (Wildman–Crippen MR) is 55.9 cm³/mol. The molecule has 76 valence electrons. The molecule has 0 aliphatic carbocycles. The van der Waals surface area contributed by atoms with E-state index in [1.54, 1.807) is 0 Å². The molecule has 2 nitrogen and oxygen atoms in total. The topological polar surface area (TPSA) is 15.3 Å². The first-order valence-electron chi connectivity index (χ1n) is 5.84. The van der Waals surface area contributed by atoms with Crippen molar-refractivity contribution in [3.8, 4) is 0 Å².